The molecule has 3 aromatic rings. The number of aromatic nitrogens is 2. The van der Waals surface area contributed by atoms with Crippen LogP contribution in [0.1, 0.15) is 24.2 Å². The molecule has 2 aromatic heterocycles. The van der Waals surface area contributed by atoms with Crippen LogP contribution in [0.2, 0.25) is 0 Å². The third kappa shape index (κ3) is 4.09. The second-order valence-electron chi connectivity index (χ2n) is 5.81. The van der Waals surface area contributed by atoms with Crippen molar-refractivity contribution >= 4 is 11.7 Å². The smallest absolute Gasteiger partial charge is 0.315 e. The molecule has 0 saturated carbocycles. The molecule has 0 aliphatic heterocycles. The summed E-state index contributed by atoms with van der Waals surface area (Å²) < 4.78 is 7.30. The number of hydrogen-bond donors (Lipinski definition) is 2. The summed E-state index contributed by atoms with van der Waals surface area (Å²) in [6.45, 7) is 2.45. The van der Waals surface area contributed by atoms with E-state index in [-0.39, 0.29) is 12.1 Å². The number of pyridine rings is 1. The van der Waals surface area contributed by atoms with Crippen LogP contribution in [0.3, 0.4) is 0 Å². The van der Waals surface area contributed by atoms with Crippen LogP contribution in [0.5, 0.6) is 5.75 Å². The van der Waals surface area contributed by atoms with E-state index in [1.54, 1.807) is 7.11 Å². The third-order valence-corrected chi connectivity index (χ3v) is 4.03. The monoisotopic (exact) mass is 338 g/mol. The lowest BCUT2D eigenvalue weighted by atomic mass is 10.1. The van der Waals surface area contributed by atoms with Gasteiger partial charge in [-0.05, 0) is 25.1 Å². The molecule has 2 amide bonds. The molecule has 0 spiro atoms. The van der Waals surface area contributed by atoms with Gasteiger partial charge in [0.05, 0.1) is 18.8 Å². The fourth-order valence-electron chi connectivity index (χ4n) is 2.76. The number of carbonyl (C=O) groups excluding carboxylic acids is 1. The molecule has 6 nitrogen and oxygen atoms in total. The fourth-order valence-corrected chi connectivity index (χ4v) is 2.76. The van der Waals surface area contributed by atoms with Crippen molar-refractivity contribution in [2.45, 2.75) is 19.4 Å². The molecular weight excluding hydrogens is 316 g/mol. The number of nitrogens with zero attached hydrogens (tertiary/aromatic N) is 2. The zero-order valence-electron chi connectivity index (χ0n) is 14.4. The van der Waals surface area contributed by atoms with Crippen molar-refractivity contribution < 1.29 is 9.53 Å². The van der Waals surface area contributed by atoms with Crippen LogP contribution in [-0.2, 0) is 6.42 Å². The number of rotatable bonds is 6. The zero-order valence-corrected chi connectivity index (χ0v) is 14.4. The van der Waals surface area contributed by atoms with Crippen LogP contribution in [0.25, 0.3) is 5.65 Å². The van der Waals surface area contributed by atoms with Gasteiger partial charge in [-0.15, -0.1) is 0 Å². The molecular formula is C19H22N4O2. The van der Waals surface area contributed by atoms with Crippen molar-refractivity contribution in [1.82, 2.24) is 20.0 Å². The van der Waals surface area contributed by atoms with E-state index in [1.807, 2.05) is 66.2 Å². The molecule has 0 radical (unpaired) electrons. The van der Waals surface area contributed by atoms with E-state index >= 15 is 0 Å². The first kappa shape index (κ1) is 16.8. The number of para-hydroxylation sites is 1. The molecule has 0 fully saturated rings. The SMILES string of the molecule is COc1ccccc1[C@H](C)NC(=O)NCCc1cn2ccccc2n1. The van der Waals surface area contributed by atoms with Crippen molar-refractivity contribution in [3.63, 3.8) is 0 Å². The molecule has 1 atom stereocenters. The first-order chi connectivity index (χ1) is 12.2. The van der Waals surface area contributed by atoms with E-state index in [2.05, 4.69) is 15.6 Å². The predicted molar refractivity (Wildman–Crippen MR) is 96.8 cm³/mol. The molecule has 2 N–H and O–H groups in total. The topological polar surface area (TPSA) is 67.7 Å². The van der Waals surface area contributed by atoms with Gasteiger partial charge in [-0.3, -0.25) is 0 Å². The normalized spacial score (nSPS) is 11.9. The highest BCUT2D eigenvalue weighted by atomic mass is 16.5. The Morgan fingerprint density at radius 2 is 2.04 bits per heavy atom. The van der Waals surface area contributed by atoms with Gasteiger partial charge in [0.1, 0.15) is 11.4 Å². The standard InChI is InChI=1S/C19H22N4O2/c1-14(16-7-3-4-8-17(16)25-2)21-19(24)20-11-10-15-13-23-12-6-5-9-18(23)22-15/h3-9,12-14H,10-11H2,1-2H3,(H2,20,21,24)/t14-/m0/s1. The van der Waals surface area contributed by atoms with E-state index in [1.165, 1.54) is 0 Å². The Kier molecular flexibility index (Phi) is 5.18. The predicted octanol–water partition coefficient (Wildman–Crippen LogP) is 2.95. The average Bonchev–Trinajstić information content (AvgIpc) is 3.04. The second-order valence-corrected chi connectivity index (χ2v) is 5.81. The van der Waals surface area contributed by atoms with Gasteiger partial charge in [-0.25, -0.2) is 9.78 Å². The molecule has 0 saturated heterocycles. The molecule has 1 aromatic carbocycles. The second kappa shape index (κ2) is 7.70. The minimum Gasteiger partial charge on any atom is -0.496 e. The van der Waals surface area contributed by atoms with Crippen molar-refractivity contribution in [3.8, 4) is 5.75 Å². The molecule has 3 rings (SSSR count). The molecule has 2 heterocycles. The van der Waals surface area contributed by atoms with Gasteiger partial charge >= 0.3 is 6.03 Å². The van der Waals surface area contributed by atoms with Crippen LogP contribution >= 0.6 is 0 Å². The number of fused-ring (bicyclic) bond motifs is 1. The van der Waals surface area contributed by atoms with Crippen molar-refractivity contribution in [2.75, 3.05) is 13.7 Å². The fraction of sp³-hybridized carbons (Fsp3) is 0.263. The summed E-state index contributed by atoms with van der Waals surface area (Å²) in [7, 11) is 1.63. The summed E-state index contributed by atoms with van der Waals surface area (Å²) in [5.74, 6) is 0.764. The number of benzene rings is 1. The first-order valence-electron chi connectivity index (χ1n) is 8.27. The summed E-state index contributed by atoms with van der Waals surface area (Å²) in [6, 6.07) is 13.2. The average molecular weight is 338 g/mol. The highest BCUT2D eigenvalue weighted by Crippen LogP contribution is 2.24. The Balaban J connectivity index is 1.50. The molecule has 25 heavy (non-hydrogen) atoms. The van der Waals surface area contributed by atoms with Crippen molar-refractivity contribution in [1.29, 1.82) is 0 Å². The number of imidazole rings is 1. The van der Waals surface area contributed by atoms with Gasteiger partial charge in [0.2, 0.25) is 0 Å². The highest BCUT2D eigenvalue weighted by Gasteiger charge is 2.13. The van der Waals surface area contributed by atoms with Crippen LogP contribution in [0.4, 0.5) is 4.79 Å². The lowest BCUT2D eigenvalue weighted by molar-refractivity contribution is 0.238. The summed E-state index contributed by atoms with van der Waals surface area (Å²) in [4.78, 5) is 16.6. The van der Waals surface area contributed by atoms with Crippen LogP contribution < -0.4 is 15.4 Å². The minimum absolute atomic E-state index is 0.147. The van der Waals surface area contributed by atoms with E-state index < -0.39 is 0 Å². The van der Waals surface area contributed by atoms with Gasteiger partial charge < -0.3 is 19.8 Å². The van der Waals surface area contributed by atoms with Crippen LogP contribution in [0, 0.1) is 0 Å². The van der Waals surface area contributed by atoms with E-state index in [9.17, 15) is 4.79 Å². The number of nitrogens with one attached hydrogen (secondary N) is 2. The Morgan fingerprint density at radius 3 is 2.84 bits per heavy atom. The first-order valence-corrected chi connectivity index (χ1v) is 8.27. The van der Waals surface area contributed by atoms with E-state index in [0.29, 0.717) is 13.0 Å². The summed E-state index contributed by atoms with van der Waals surface area (Å²) >= 11 is 0. The van der Waals surface area contributed by atoms with Gasteiger partial charge in [-0.2, -0.15) is 0 Å². The maximum absolute atomic E-state index is 12.1. The van der Waals surface area contributed by atoms with Crippen molar-refractivity contribution in [2.24, 2.45) is 0 Å². The van der Waals surface area contributed by atoms with Gasteiger partial charge in [0.15, 0.2) is 0 Å². The summed E-state index contributed by atoms with van der Waals surface area (Å²) in [6.07, 6.45) is 4.62. The third-order valence-electron chi connectivity index (χ3n) is 4.03. The number of carbonyl (C=O) groups is 1. The quantitative estimate of drug-likeness (QED) is 0.726. The Hall–Kier alpha value is -3.02. The van der Waals surface area contributed by atoms with Gasteiger partial charge in [-0.1, -0.05) is 24.3 Å². The number of amides is 2. The van der Waals surface area contributed by atoms with Crippen molar-refractivity contribution in [3.05, 3.63) is 66.1 Å². The number of urea groups is 1. The Bertz CT molecular complexity index is 826. The molecule has 0 aliphatic carbocycles. The van der Waals surface area contributed by atoms with Crippen LogP contribution in [0.15, 0.2) is 54.9 Å². The number of hydrogen-bond acceptors (Lipinski definition) is 3. The van der Waals surface area contributed by atoms with Gasteiger partial charge in [0, 0.05) is 30.9 Å². The maximum atomic E-state index is 12.1. The van der Waals surface area contributed by atoms with E-state index in [4.69, 9.17) is 4.74 Å². The van der Waals surface area contributed by atoms with E-state index in [0.717, 1.165) is 22.7 Å². The zero-order chi connectivity index (χ0) is 17.6. The largest absolute Gasteiger partial charge is 0.496 e. The molecule has 130 valence electrons. The molecule has 0 bridgehead atoms. The Labute approximate surface area is 146 Å². The minimum atomic E-state index is -0.206. The molecule has 0 unspecified atom stereocenters. The maximum Gasteiger partial charge on any atom is 0.315 e. The Morgan fingerprint density at radius 1 is 1.24 bits per heavy atom. The number of ether oxygens (including phenoxy) is 1. The number of methoxy groups -OCH3 is 1. The van der Waals surface area contributed by atoms with Gasteiger partial charge in [0.25, 0.3) is 0 Å². The summed E-state index contributed by atoms with van der Waals surface area (Å²) in [5.41, 5.74) is 2.80. The lowest BCUT2D eigenvalue weighted by Gasteiger charge is -2.17. The summed E-state index contributed by atoms with van der Waals surface area (Å²) in [5, 5.41) is 5.80. The highest BCUT2D eigenvalue weighted by molar-refractivity contribution is 5.74. The van der Waals surface area contributed by atoms with Crippen LogP contribution in [-0.4, -0.2) is 29.1 Å². The molecule has 0 aliphatic rings. The lowest BCUT2D eigenvalue weighted by Crippen LogP contribution is -2.38. The molecule has 6 heteroatoms.